The van der Waals surface area contributed by atoms with Crippen LogP contribution in [-0.4, -0.2) is 4.57 Å². The summed E-state index contributed by atoms with van der Waals surface area (Å²) in [5, 5.41) is 10.2. The van der Waals surface area contributed by atoms with Gasteiger partial charge in [-0.25, -0.2) is 0 Å². The first kappa shape index (κ1) is 27.6. The highest BCUT2D eigenvalue weighted by Crippen LogP contribution is 2.47. The molecule has 9 aromatic rings. The molecule has 0 saturated carbocycles. The molecule has 0 N–H and O–H groups in total. The number of nitrogens with zero attached hydrogens (tertiary/aromatic N) is 1. The normalized spacial score (nSPS) is 12.1. The molecule has 1 heterocycles. The van der Waals surface area contributed by atoms with Gasteiger partial charge in [0.2, 0.25) is 0 Å². The highest BCUT2D eigenvalue weighted by atomic mass is 15.0. The summed E-state index contributed by atoms with van der Waals surface area (Å²) >= 11 is 0. The average molecular weight is 602 g/mol. The third-order valence-electron chi connectivity index (χ3n) is 9.84. The SMILES string of the molecule is CC(C)(C)n1c2ccccc2c2cccc(-c3c4ccccc4c(-c4ccc(-c5cccc6ccccc56)cc4)c4ccccc34)c21. The predicted molar refractivity (Wildman–Crippen MR) is 203 cm³/mol. The fourth-order valence-corrected chi connectivity index (χ4v) is 7.94. The van der Waals surface area contributed by atoms with E-state index in [1.807, 2.05) is 0 Å². The molecule has 224 valence electrons. The van der Waals surface area contributed by atoms with Gasteiger partial charge in [0.05, 0.1) is 5.52 Å². The van der Waals surface area contributed by atoms with E-state index in [-0.39, 0.29) is 5.54 Å². The maximum Gasteiger partial charge on any atom is 0.0576 e. The van der Waals surface area contributed by atoms with Crippen molar-refractivity contribution in [2.75, 3.05) is 0 Å². The number of aromatic nitrogens is 1. The molecule has 0 aliphatic carbocycles. The Morgan fingerprint density at radius 3 is 1.49 bits per heavy atom. The van der Waals surface area contributed by atoms with E-state index in [1.165, 1.54) is 87.5 Å². The van der Waals surface area contributed by atoms with Gasteiger partial charge in [-0.2, -0.15) is 0 Å². The van der Waals surface area contributed by atoms with Crippen molar-refractivity contribution >= 4 is 54.1 Å². The molecule has 0 fully saturated rings. The second kappa shape index (κ2) is 10.4. The van der Waals surface area contributed by atoms with Crippen LogP contribution in [0.3, 0.4) is 0 Å². The Morgan fingerprint density at radius 1 is 0.362 bits per heavy atom. The molecule has 0 atom stereocenters. The van der Waals surface area contributed by atoms with Gasteiger partial charge < -0.3 is 4.57 Å². The van der Waals surface area contributed by atoms with Gasteiger partial charge in [-0.05, 0) is 87.0 Å². The zero-order valence-corrected chi connectivity index (χ0v) is 27.0. The monoisotopic (exact) mass is 601 g/mol. The quantitative estimate of drug-likeness (QED) is 0.178. The molecular formula is C46H35N. The number of rotatable bonds is 3. The van der Waals surface area contributed by atoms with Gasteiger partial charge in [-0.3, -0.25) is 0 Å². The Labute approximate surface area is 275 Å². The standard InChI is InChI=1S/C46H35N/c1-46(2,3)47-42-25-11-10-17-35(42)40-23-13-24-41(45(40)47)44-38-20-8-6-18-36(38)43(37-19-7-9-21-39(37)44)32-28-26-31(27-29-32)34-22-12-15-30-14-4-5-16-33(30)34/h4-29H,1-3H3. The van der Waals surface area contributed by atoms with Gasteiger partial charge in [-0.15, -0.1) is 0 Å². The average Bonchev–Trinajstić information content (AvgIpc) is 3.46. The van der Waals surface area contributed by atoms with E-state index in [9.17, 15) is 0 Å². The third-order valence-corrected chi connectivity index (χ3v) is 9.84. The van der Waals surface area contributed by atoms with Crippen LogP contribution in [0.15, 0.2) is 158 Å². The second-order valence-electron chi connectivity index (χ2n) is 13.7. The van der Waals surface area contributed by atoms with Crippen LogP contribution in [0.5, 0.6) is 0 Å². The molecular weight excluding hydrogens is 567 g/mol. The van der Waals surface area contributed by atoms with E-state index < -0.39 is 0 Å². The van der Waals surface area contributed by atoms with Gasteiger partial charge in [-0.1, -0.05) is 152 Å². The Balaban J connectivity index is 1.33. The molecule has 0 aliphatic rings. The molecule has 9 rings (SSSR count). The minimum atomic E-state index is -0.102. The van der Waals surface area contributed by atoms with Crippen LogP contribution in [0.25, 0.3) is 87.5 Å². The van der Waals surface area contributed by atoms with E-state index in [2.05, 4.69) is 183 Å². The lowest BCUT2D eigenvalue weighted by Crippen LogP contribution is -2.21. The second-order valence-corrected chi connectivity index (χ2v) is 13.7. The summed E-state index contributed by atoms with van der Waals surface area (Å²) in [7, 11) is 0. The van der Waals surface area contributed by atoms with E-state index in [0.29, 0.717) is 0 Å². The van der Waals surface area contributed by atoms with Crippen LogP contribution in [0.1, 0.15) is 20.8 Å². The van der Waals surface area contributed by atoms with Crippen molar-refractivity contribution < 1.29 is 0 Å². The molecule has 1 nitrogen and oxygen atoms in total. The first-order valence-corrected chi connectivity index (χ1v) is 16.5. The maximum absolute atomic E-state index is 2.55. The van der Waals surface area contributed by atoms with Gasteiger partial charge in [0.1, 0.15) is 0 Å². The first-order chi connectivity index (χ1) is 23.0. The summed E-state index contributed by atoms with van der Waals surface area (Å²) in [5.74, 6) is 0. The molecule has 0 saturated heterocycles. The lowest BCUT2D eigenvalue weighted by Gasteiger charge is -2.26. The number of para-hydroxylation sites is 2. The van der Waals surface area contributed by atoms with Crippen LogP contribution < -0.4 is 0 Å². The van der Waals surface area contributed by atoms with Crippen molar-refractivity contribution in [1.29, 1.82) is 0 Å². The van der Waals surface area contributed by atoms with Crippen molar-refractivity contribution in [2.45, 2.75) is 26.3 Å². The third kappa shape index (κ3) is 4.23. The smallest absolute Gasteiger partial charge is 0.0576 e. The van der Waals surface area contributed by atoms with E-state index in [0.717, 1.165) is 0 Å². The summed E-state index contributed by atoms with van der Waals surface area (Å²) in [5.41, 5.74) is 10.1. The molecule has 0 radical (unpaired) electrons. The molecule has 0 bridgehead atoms. The van der Waals surface area contributed by atoms with Crippen LogP contribution in [0, 0.1) is 0 Å². The minimum Gasteiger partial charge on any atom is -0.335 e. The van der Waals surface area contributed by atoms with E-state index >= 15 is 0 Å². The van der Waals surface area contributed by atoms with Crippen molar-refractivity contribution in [3.63, 3.8) is 0 Å². The van der Waals surface area contributed by atoms with E-state index in [4.69, 9.17) is 0 Å². The van der Waals surface area contributed by atoms with Crippen molar-refractivity contribution in [3.8, 4) is 33.4 Å². The summed E-state index contributed by atoms with van der Waals surface area (Å²) < 4.78 is 2.55. The number of fused-ring (bicyclic) bond motifs is 6. The summed E-state index contributed by atoms with van der Waals surface area (Å²) in [6.45, 7) is 6.95. The van der Waals surface area contributed by atoms with Crippen LogP contribution in [0.2, 0.25) is 0 Å². The molecule has 8 aromatic carbocycles. The Hall–Kier alpha value is -5.66. The summed E-state index contributed by atoms with van der Waals surface area (Å²) in [6, 6.07) is 58.1. The highest BCUT2D eigenvalue weighted by molar-refractivity contribution is 6.25. The highest BCUT2D eigenvalue weighted by Gasteiger charge is 2.25. The zero-order chi connectivity index (χ0) is 31.7. The van der Waals surface area contributed by atoms with Gasteiger partial charge in [0, 0.05) is 27.4 Å². The fraction of sp³-hybridized carbons (Fsp3) is 0.0870. The predicted octanol–water partition coefficient (Wildman–Crippen LogP) is 13.0. The topological polar surface area (TPSA) is 4.93 Å². The molecule has 0 amide bonds. The largest absolute Gasteiger partial charge is 0.335 e. The Bertz CT molecular complexity index is 2580. The van der Waals surface area contributed by atoms with E-state index in [1.54, 1.807) is 0 Å². The molecule has 47 heavy (non-hydrogen) atoms. The molecule has 1 heteroatoms. The molecule has 0 aliphatic heterocycles. The zero-order valence-electron chi connectivity index (χ0n) is 27.0. The van der Waals surface area contributed by atoms with Crippen molar-refractivity contribution in [2.24, 2.45) is 0 Å². The minimum absolute atomic E-state index is 0.102. The van der Waals surface area contributed by atoms with Crippen molar-refractivity contribution in [1.82, 2.24) is 4.57 Å². The lowest BCUT2D eigenvalue weighted by molar-refractivity contribution is 0.423. The Morgan fingerprint density at radius 2 is 0.830 bits per heavy atom. The fourth-order valence-electron chi connectivity index (χ4n) is 7.94. The molecule has 0 unspecified atom stereocenters. The van der Waals surface area contributed by atoms with Gasteiger partial charge in [0.15, 0.2) is 0 Å². The summed E-state index contributed by atoms with van der Waals surface area (Å²) in [6.07, 6.45) is 0. The molecule has 0 spiro atoms. The Kier molecular flexibility index (Phi) is 6.14. The van der Waals surface area contributed by atoms with Crippen molar-refractivity contribution in [3.05, 3.63) is 158 Å². The van der Waals surface area contributed by atoms with Gasteiger partial charge >= 0.3 is 0 Å². The van der Waals surface area contributed by atoms with Gasteiger partial charge in [0.25, 0.3) is 0 Å². The number of hydrogen-bond donors (Lipinski definition) is 0. The van der Waals surface area contributed by atoms with Crippen LogP contribution >= 0.6 is 0 Å². The molecule has 1 aromatic heterocycles. The number of hydrogen-bond acceptors (Lipinski definition) is 0. The first-order valence-electron chi connectivity index (χ1n) is 16.5. The lowest BCUT2D eigenvalue weighted by atomic mass is 9.85. The maximum atomic E-state index is 2.55. The van der Waals surface area contributed by atoms with Crippen LogP contribution in [-0.2, 0) is 5.54 Å². The van der Waals surface area contributed by atoms with Crippen LogP contribution in [0.4, 0.5) is 0 Å². The number of benzene rings is 8. The summed E-state index contributed by atoms with van der Waals surface area (Å²) in [4.78, 5) is 0.